The number of benzene rings is 1. The monoisotopic (exact) mass is 326 g/mol. The molecule has 24 heavy (non-hydrogen) atoms. The topological polar surface area (TPSA) is 67.3 Å². The number of aromatic nitrogens is 2. The maximum atomic E-state index is 12.3. The largest absolute Gasteiger partial charge is 0.497 e. The number of methoxy groups -OCH3 is 1. The molecule has 0 spiro atoms. The first-order valence-electron chi connectivity index (χ1n) is 8.25. The fraction of sp³-hybridized carbons (Fsp3) is 0.389. The molecule has 1 amide bonds. The van der Waals surface area contributed by atoms with Crippen LogP contribution in [0, 0.1) is 0 Å². The predicted molar refractivity (Wildman–Crippen MR) is 92.5 cm³/mol. The van der Waals surface area contributed by atoms with Crippen LogP contribution in [0.2, 0.25) is 0 Å². The van der Waals surface area contributed by atoms with Crippen LogP contribution in [0.15, 0.2) is 36.5 Å². The average Bonchev–Trinajstić information content (AvgIpc) is 3.17. The smallest absolute Gasteiger partial charge is 0.270 e. The number of carbonyl (C=O) groups is 1. The highest BCUT2D eigenvalue weighted by Gasteiger charge is 2.16. The van der Waals surface area contributed by atoms with Gasteiger partial charge in [0.15, 0.2) is 0 Å². The van der Waals surface area contributed by atoms with Gasteiger partial charge in [0.1, 0.15) is 11.4 Å². The number of rotatable bonds is 6. The van der Waals surface area contributed by atoms with E-state index >= 15 is 0 Å². The SMILES string of the molecule is COc1ccc(CCNC(=O)c2ccnc(N3CCCC3)n2)cc1. The zero-order valence-corrected chi connectivity index (χ0v) is 13.9. The quantitative estimate of drug-likeness (QED) is 0.880. The van der Waals surface area contributed by atoms with Gasteiger partial charge in [-0.2, -0.15) is 0 Å². The number of carbonyl (C=O) groups excluding carboxylic acids is 1. The Kier molecular flexibility index (Phi) is 5.25. The van der Waals surface area contributed by atoms with Crippen LogP contribution in [0.3, 0.4) is 0 Å². The lowest BCUT2D eigenvalue weighted by Gasteiger charge is -2.15. The Labute approximate surface area is 141 Å². The highest BCUT2D eigenvalue weighted by Crippen LogP contribution is 2.15. The molecule has 6 heteroatoms. The molecule has 0 atom stereocenters. The fourth-order valence-electron chi connectivity index (χ4n) is 2.75. The minimum absolute atomic E-state index is 0.161. The van der Waals surface area contributed by atoms with E-state index in [9.17, 15) is 4.79 Å². The van der Waals surface area contributed by atoms with Gasteiger partial charge >= 0.3 is 0 Å². The molecule has 6 nitrogen and oxygen atoms in total. The van der Waals surface area contributed by atoms with Crippen LogP contribution in [0.1, 0.15) is 28.9 Å². The lowest BCUT2D eigenvalue weighted by Crippen LogP contribution is -2.28. The Hall–Kier alpha value is -2.63. The third-order valence-corrected chi connectivity index (χ3v) is 4.12. The number of anilines is 1. The van der Waals surface area contributed by atoms with E-state index < -0.39 is 0 Å². The first-order valence-corrected chi connectivity index (χ1v) is 8.25. The third kappa shape index (κ3) is 4.01. The molecule has 1 saturated heterocycles. The summed E-state index contributed by atoms with van der Waals surface area (Å²) in [6, 6.07) is 9.50. The third-order valence-electron chi connectivity index (χ3n) is 4.12. The molecule has 1 aromatic heterocycles. The molecule has 0 radical (unpaired) electrons. The average molecular weight is 326 g/mol. The molecule has 1 aliphatic rings. The van der Waals surface area contributed by atoms with Crippen molar-refractivity contribution in [2.24, 2.45) is 0 Å². The Morgan fingerprint density at radius 2 is 1.96 bits per heavy atom. The highest BCUT2D eigenvalue weighted by atomic mass is 16.5. The van der Waals surface area contributed by atoms with Gasteiger partial charge in [-0.05, 0) is 43.0 Å². The van der Waals surface area contributed by atoms with Crippen LogP contribution >= 0.6 is 0 Å². The van der Waals surface area contributed by atoms with E-state index in [1.807, 2.05) is 24.3 Å². The molecule has 1 aromatic carbocycles. The molecule has 0 saturated carbocycles. The van der Waals surface area contributed by atoms with Crippen LogP contribution in [0.25, 0.3) is 0 Å². The van der Waals surface area contributed by atoms with Crippen molar-refractivity contribution in [2.45, 2.75) is 19.3 Å². The zero-order valence-electron chi connectivity index (χ0n) is 13.9. The number of hydrogen-bond donors (Lipinski definition) is 1. The van der Waals surface area contributed by atoms with Gasteiger partial charge in [-0.3, -0.25) is 4.79 Å². The van der Waals surface area contributed by atoms with Crippen LogP contribution in [0.5, 0.6) is 5.75 Å². The van der Waals surface area contributed by atoms with Gasteiger partial charge in [0.25, 0.3) is 5.91 Å². The zero-order chi connectivity index (χ0) is 16.8. The van der Waals surface area contributed by atoms with Crippen molar-refractivity contribution in [2.75, 3.05) is 31.6 Å². The predicted octanol–water partition coefficient (Wildman–Crippen LogP) is 2.06. The molecule has 2 aromatic rings. The maximum absolute atomic E-state index is 12.3. The number of nitrogens with zero attached hydrogens (tertiary/aromatic N) is 3. The summed E-state index contributed by atoms with van der Waals surface area (Å²) in [6.07, 6.45) is 4.72. The second-order valence-corrected chi connectivity index (χ2v) is 5.79. The van der Waals surface area contributed by atoms with E-state index in [0.29, 0.717) is 18.2 Å². The van der Waals surface area contributed by atoms with E-state index in [1.165, 1.54) is 0 Å². The van der Waals surface area contributed by atoms with Crippen molar-refractivity contribution in [1.82, 2.24) is 15.3 Å². The molecule has 1 fully saturated rings. The van der Waals surface area contributed by atoms with Gasteiger partial charge in [-0.15, -0.1) is 0 Å². The summed E-state index contributed by atoms with van der Waals surface area (Å²) in [5.41, 5.74) is 1.57. The van der Waals surface area contributed by atoms with Gasteiger partial charge in [-0.25, -0.2) is 9.97 Å². The molecule has 2 heterocycles. The standard InChI is InChI=1S/C18H22N4O2/c1-24-15-6-4-14(5-7-15)8-10-19-17(23)16-9-11-20-18(21-16)22-12-2-3-13-22/h4-7,9,11H,2-3,8,10,12-13H2,1H3,(H,19,23). The summed E-state index contributed by atoms with van der Waals surface area (Å²) in [5, 5.41) is 2.91. The van der Waals surface area contributed by atoms with Gasteiger partial charge in [0, 0.05) is 25.8 Å². The molecule has 3 rings (SSSR count). The lowest BCUT2D eigenvalue weighted by molar-refractivity contribution is 0.0949. The van der Waals surface area contributed by atoms with E-state index in [-0.39, 0.29) is 5.91 Å². The molecule has 126 valence electrons. The van der Waals surface area contributed by atoms with Gasteiger partial charge in [-0.1, -0.05) is 12.1 Å². The minimum atomic E-state index is -0.161. The molecule has 1 N–H and O–H groups in total. The Balaban J connectivity index is 1.53. The summed E-state index contributed by atoms with van der Waals surface area (Å²) >= 11 is 0. The Bertz CT molecular complexity index is 682. The lowest BCUT2D eigenvalue weighted by atomic mass is 10.1. The molecule has 1 aliphatic heterocycles. The highest BCUT2D eigenvalue weighted by molar-refractivity contribution is 5.92. The number of ether oxygens (including phenoxy) is 1. The van der Waals surface area contributed by atoms with Crippen LogP contribution in [0.4, 0.5) is 5.95 Å². The first-order chi connectivity index (χ1) is 11.8. The summed E-state index contributed by atoms with van der Waals surface area (Å²) < 4.78 is 5.14. The van der Waals surface area contributed by atoms with Crippen molar-refractivity contribution in [3.8, 4) is 5.75 Å². The van der Waals surface area contributed by atoms with Crippen LogP contribution in [-0.2, 0) is 6.42 Å². The molecular weight excluding hydrogens is 304 g/mol. The van der Waals surface area contributed by atoms with Crippen molar-refractivity contribution >= 4 is 11.9 Å². The number of hydrogen-bond acceptors (Lipinski definition) is 5. The van der Waals surface area contributed by atoms with E-state index in [1.54, 1.807) is 19.4 Å². The van der Waals surface area contributed by atoms with Gasteiger partial charge < -0.3 is 15.0 Å². The second-order valence-electron chi connectivity index (χ2n) is 5.79. The normalized spacial score (nSPS) is 13.8. The van der Waals surface area contributed by atoms with Gasteiger partial charge in [0.05, 0.1) is 7.11 Å². The van der Waals surface area contributed by atoms with Crippen LogP contribution in [-0.4, -0.2) is 42.6 Å². The summed E-state index contributed by atoms with van der Waals surface area (Å²) in [5.74, 6) is 1.32. The number of amides is 1. The maximum Gasteiger partial charge on any atom is 0.270 e. The van der Waals surface area contributed by atoms with E-state index in [4.69, 9.17) is 4.74 Å². The fourth-order valence-corrected chi connectivity index (χ4v) is 2.75. The second kappa shape index (κ2) is 7.77. The Morgan fingerprint density at radius 3 is 2.67 bits per heavy atom. The molecular formula is C18H22N4O2. The summed E-state index contributed by atoms with van der Waals surface area (Å²) in [7, 11) is 1.65. The summed E-state index contributed by atoms with van der Waals surface area (Å²) in [4.78, 5) is 23.0. The Morgan fingerprint density at radius 1 is 1.21 bits per heavy atom. The molecule has 0 aliphatic carbocycles. The van der Waals surface area contributed by atoms with E-state index in [2.05, 4.69) is 20.2 Å². The van der Waals surface area contributed by atoms with Crippen molar-refractivity contribution < 1.29 is 9.53 Å². The minimum Gasteiger partial charge on any atom is -0.497 e. The molecule has 0 bridgehead atoms. The van der Waals surface area contributed by atoms with Crippen molar-refractivity contribution in [3.05, 3.63) is 47.8 Å². The van der Waals surface area contributed by atoms with Crippen molar-refractivity contribution in [3.63, 3.8) is 0 Å². The van der Waals surface area contributed by atoms with Gasteiger partial charge in [0.2, 0.25) is 5.95 Å². The van der Waals surface area contributed by atoms with E-state index in [0.717, 1.165) is 43.7 Å². The first kappa shape index (κ1) is 16.2. The van der Waals surface area contributed by atoms with Crippen LogP contribution < -0.4 is 15.0 Å². The van der Waals surface area contributed by atoms with Crippen molar-refractivity contribution in [1.29, 1.82) is 0 Å². The number of nitrogens with one attached hydrogen (secondary N) is 1. The molecule has 0 unspecified atom stereocenters. The summed E-state index contributed by atoms with van der Waals surface area (Å²) in [6.45, 7) is 2.49.